The summed E-state index contributed by atoms with van der Waals surface area (Å²) in [6.45, 7) is 4.10. The smallest absolute Gasteiger partial charge is 0.209 e. The number of rotatable bonds is 7. The minimum Gasteiger partial charge on any atom is -0.494 e. The molecular formula is C13H20FNO3S. The van der Waals surface area contributed by atoms with E-state index < -0.39 is 10.0 Å². The van der Waals surface area contributed by atoms with Gasteiger partial charge in [0.05, 0.1) is 12.4 Å². The third-order valence-corrected chi connectivity index (χ3v) is 3.71. The van der Waals surface area contributed by atoms with E-state index in [4.69, 9.17) is 9.88 Å². The molecule has 1 aromatic carbocycles. The van der Waals surface area contributed by atoms with Crippen molar-refractivity contribution in [2.24, 2.45) is 11.1 Å². The highest BCUT2D eigenvalue weighted by Gasteiger charge is 2.08. The number of benzene rings is 1. The van der Waals surface area contributed by atoms with E-state index in [1.165, 1.54) is 6.07 Å². The summed E-state index contributed by atoms with van der Waals surface area (Å²) in [6.07, 6.45) is 1.25. The summed E-state index contributed by atoms with van der Waals surface area (Å²) in [5.41, 5.74) is 0.541. The van der Waals surface area contributed by atoms with Crippen LogP contribution in [0.4, 0.5) is 4.39 Å². The van der Waals surface area contributed by atoms with Gasteiger partial charge in [-0.15, -0.1) is 0 Å². The van der Waals surface area contributed by atoms with E-state index in [0.717, 1.165) is 6.42 Å². The second kappa shape index (κ2) is 6.86. The molecule has 4 nitrogen and oxygen atoms in total. The number of hydrogen-bond donors (Lipinski definition) is 1. The Morgan fingerprint density at radius 3 is 2.63 bits per heavy atom. The summed E-state index contributed by atoms with van der Waals surface area (Å²) >= 11 is 0. The van der Waals surface area contributed by atoms with E-state index in [2.05, 4.69) is 0 Å². The molecular weight excluding hydrogens is 269 g/mol. The first-order valence-corrected chi connectivity index (χ1v) is 7.89. The molecule has 0 heterocycles. The fourth-order valence-electron chi connectivity index (χ4n) is 1.59. The average molecular weight is 289 g/mol. The summed E-state index contributed by atoms with van der Waals surface area (Å²) < 4.78 is 40.2. The van der Waals surface area contributed by atoms with Crippen LogP contribution < -0.4 is 9.88 Å². The van der Waals surface area contributed by atoms with Crippen molar-refractivity contribution in [2.45, 2.75) is 26.7 Å². The van der Waals surface area contributed by atoms with Crippen molar-refractivity contribution in [3.63, 3.8) is 0 Å². The monoisotopic (exact) mass is 289 g/mol. The molecule has 0 aromatic heterocycles. The predicted octanol–water partition coefficient (Wildman–Crippen LogP) is 2.22. The van der Waals surface area contributed by atoms with Crippen LogP contribution in [0.25, 0.3) is 0 Å². The van der Waals surface area contributed by atoms with E-state index in [9.17, 15) is 12.8 Å². The van der Waals surface area contributed by atoms with Crippen LogP contribution in [0.1, 0.15) is 25.3 Å². The molecule has 0 spiro atoms. The molecule has 0 bridgehead atoms. The minimum absolute atomic E-state index is 0.0101. The molecule has 0 saturated heterocycles. The zero-order valence-corrected chi connectivity index (χ0v) is 12.0. The molecule has 0 fully saturated rings. The molecule has 1 rings (SSSR count). The standard InChI is InChI=1S/C13H20FNO3S/c1-10(6-8-19(15,16)17)5-7-18-12-3-4-13(14)11(2)9-12/h3-4,9-10H,5-8H2,1-2H3,(H2,15,16,17). The predicted molar refractivity (Wildman–Crippen MR) is 73.0 cm³/mol. The lowest BCUT2D eigenvalue weighted by atomic mass is 10.1. The molecule has 0 saturated carbocycles. The zero-order valence-electron chi connectivity index (χ0n) is 11.2. The van der Waals surface area contributed by atoms with Crippen LogP contribution in [0, 0.1) is 18.7 Å². The van der Waals surface area contributed by atoms with Crippen LogP contribution in [-0.2, 0) is 10.0 Å². The van der Waals surface area contributed by atoms with Gasteiger partial charge in [-0.1, -0.05) is 6.92 Å². The summed E-state index contributed by atoms with van der Waals surface area (Å²) in [6, 6.07) is 4.59. The van der Waals surface area contributed by atoms with E-state index in [1.54, 1.807) is 19.1 Å². The highest BCUT2D eigenvalue weighted by molar-refractivity contribution is 7.89. The minimum atomic E-state index is -3.39. The van der Waals surface area contributed by atoms with Crippen LogP contribution in [0.2, 0.25) is 0 Å². The first-order valence-electron chi connectivity index (χ1n) is 6.17. The maximum atomic E-state index is 13.0. The molecule has 1 atom stereocenters. The van der Waals surface area contributed by atoms with Crippen molar-refractivity contribution in [3.8, 4) is 5.75 Å². The Kier molecular flexibility index (Phi) is 5.75. The third kappa shape index (κ3) is 6.54. The first kappa shape index (κ1) is 15.9. The summed E-state index contributed by atoms with van der Waals surface area (Å²) in [5.74, 6) is 0.565. The van der Waals surface area contributed by atoms with Gasteiger partial charge in [0.25, 0.3) is 0 Å². The number of primary sulfonamides is 1. The van der Waals surface area contributed by atoms with Crippen molar-refractivity contribution in [3.05, 3.63) is 29.6 Å². The molecule has 1 unspecified atom stereocenters. The molecule has 0 aliphatic heterocycles. The topological polar surface area (TPSA) is 69.4 Å². The Morgan fingerprint density at radius 1 is 1.37 bits per heavy atom. The Balaban J connectivity index is 2.31. The second-order valence-corrected chi connectivity index (χ2v) is 6.54. The van der Waals surface area contributed by atoms with E-state index >= 15 is 0 Å². The Bertz CT molecular complexity index is 517. The summed E-state index contributed by atoms with van der Waals surface area (Å²) in [7, 11) is -3.39. The first-order chi connectivity index (χ1) is 8.78. The number of halogens is 1. The van der Waals surface area contributed by atoms with E-state index in [-0.39, 0.29) is 17.5 Å². The van der Waals surface area contributed by atoms with Crippen LogP contribution in [0.5, 0.6) is 5.75 Å². The van der Waals surface area contributed by atoms with Crippen LogP contribution in [0.3, 0.4) is 0 Å². The van der Waals surface area contributed by atoms with Crippen molar-refractivity contribution in [1.29, 1.82) is 0 Å². The van der Waals surface area contributed by atoms with Crippen molar-refractivity contribution in [2.75, 3.05) is 12.4 Å². The van der Waals surface area contributed by atoms with Gasteiger partial charge in [0.1, 0.15) is 11.6 Å². The Hall–Kier alpha value is -1.14. The zero-order chi connectivity index (χ0) is 14.5. The normalized spacial score (nSPS) is 13.3. The fourth-order valence-corrected chi connectivity index (χ4v) is 2.33. The number of hydrogen-bond acceptors (Lipinski definition) is 3. The van der Waals surface area contributed by atoms with Crippen molar-refractivity contribution in [1.82, 2.24) is 0 Å². The lowest BCUT2D eigenvalue weighted by Crippen LogP contribution is -2.18. The molecule has 108 valence electrons. The Morgan fingerprint density at radius 2 is 2.05 bits per heavy atom. The number of sulfonamides is 1. The number of ether oxygens (including phenoxy) is 1. The average Bonchev–Trinajstić information content (AvgIpc) is 2.30. The van der Waals surface area contributed by atoms with Gasteiger partial charge in [-0.3, -0.25) is 0 Å². The van der Waals surface area contributed by atoms with Gasteiger partial charge >= 0.3 is 0 Å². The molecule has 0 aliphatic rings. The maximum Gasteiger partial charge on any atom is 0.209 e. The molecule has 0 amide bonds. The lowest BCUT2D eigenvalue weighted by molar-refractivity contribution is 0.281. The lowest BCUT2D eigenvalue weighted by Gasteiger charge is -2.12. The van der Waals surface area contributed by atoms with Crippen molar-refractivity contribution < 1.29 is 17.5 Å². The SMILES string of the molecule is Cc1cc(OCCC(C)CCS(N)(=O)=O)ccc1F. The van der Waals surface area contributed by atoms with Gasteiger partial charge in [-0.05, 0) is 49.4 Å². The van der Waals surface area contributed by atoms with Gasteiger partial charge in [0.2, 0.25) is 10.0 Å². The highest BCUT2D eigenvalue weighted by atomic mass is 32.2. The van der Waals surface area contributed by atoms with Crippen LogP contribution >= 0.6 is 0 Å². The molecule has 19 heavy (non-hydrogen) atoms. The van der Waals surface area contributed by atoms with Crippen molar-refractivity contribution >= 4 is 10.0 Å². The third-order valence-electron chi connectivity index (χ3n) is 2.90. The summed E-state index contributed by atoms with van der Waals surface area (Å²) in [5, 5.41) is 4.94. The Labute approximate surface area is 113 Å². The van der Waals surface area contributed by atoms with Gasteiger partial charge in [-0.25, -0.2) is 17.9 Å². The number of aryl methyl sites for hydroxylation is 1. The number of nitrogens with two attached hydrogens (primary N) is 1. The molecule has 0 radical (unpaired) electrons. The van der Waals surface area contributed by atoms with Gasteiger partial charge in [0, 0.05) is 0 Å². The summed E-state index contributed by atoms with van der Waals surface area (Å²) in [4.78, 5) is 0. The van der Waals surface area contributed by atoms with E-state index in [1.807, 2.05) is 6.92 Å². The highest BCUT2D eigenvalue weighted by Crippen LogP contribution is 2.17. The van der Waals surface area contributed by atoms with Gasteiger partial charge < -0.3 is 4.74 Å². The largest absolute Gasteiger partial charge is 0.494 e. The van der Waals surface area contributed by atoms with Crippen LogP contribution in [-0.4, -0.2) is 20.8 Å². The molecule has 2 N–H and O–H groups in total. The van der Waals surface area contributed by atoms with Gasteiger partial charge in [-0.2, -0.15) is 0 Å². The van der Waals surface area contributed by atoms with E-state index in [0.29, 0.717) is 24.3 Å². The fraction of sp³-hybridized carbons (Fsp3) is 0.538. The molecule has 1 aromatic rings. The second-order valence-electron chi connectivity index (χ2n) is 4.81. The molecule has 6 heteroatoms. The quantitative estimate of drug-likeness (QED) is 0.836. The maximum absolute atomic E-state index is 13.0. The molecule has 0 aliphatic carbocycles. The van der Waals surface area contributed by atoms with Crippen LogP contribution in [0.15, 0.2) is 18.2 Å². The van der Waals surface area contributed by atoms with Gasteiger partial charge in [0.15, 0.2) is 0 Å².